The van der Waals surface area contributed by atoms with Crippen LogP contribution < -0.4 is 9.64 Å². The number of carbonyl (C=O) groups is 1. The van der Waals surface area contributed by atoms with Crippen LogP contribution in [0.25, 0.3) is 0 Å². The topological polar surface area (TPSA) is 49.8 Å². The molecule has 1 aliphatic heterocycles. The van der Waals surface area contributed by atoms with E-state index in [1.54, 1.807) is 31.2 Å². The number of para-hydroxylation sites is 1. The molecular formula is C18H19NO3. The number of phenolic OH excluding ortho intramolecular Hbond substituents is 1. The maximum absolute atomic E-state index is 11.9. The van der Waals surface area contributed by atoms with Gasteiger partial charge in [0.1, 0.15) is 17.6 Å². The van der Waals surface area contributed by atoms with Gasteiger partial charge in [0.2, 0.25) is 5.91 Å². The number of fused-ring (bicyclic) bond motifs is 1. The summed E-state index contributed by atoms with van der Waals surface area (Å²) < 4.78 is 6.09. The first-order chi connectivity index (χ1) is 10.6. The van der Waals surface area contributed by atoms with Crippen molar-refractivity contribution in [3.05, 3.63) is 54.1 Å². The fourth-order valence-electron chi connectivity index (χ4n) is 3.04. The lowest BCUT2D eigenvalue weighted by molar-refractivity contribution is -0.117. The monoisotopic (exact) mass is 297 g/mol. The molecule has 1 aliphatic rings. The average molecular weight is 297 g/mol. The van der Waals surface area contributed by atoms with Crippen LogP contribution >= 0.6 is 0 Å². The van der Waals surface area contributed by atoms with Gasteiger partial charge in [-0.1, -0.05) is 18.2 Å². The van der Waals surface area contributed by atoms with Crippen molar-refractivity contribution >= 4 is 11.6 Å². The van der Waals surface area contributed by atoms with E-state index in [9.17, 15) is 9.90 Å². The summed E-state index contributed by atoms with van der Waals surface area (Å²) in [4.78, 5) is 13.8. The van der Waals surface area contributed by atoms with Gasteiger partial charge in [0.15, 0.2) is 0 Å². The quantitative estimate of drug-likeness (QED) is 0.920. The molecule has 0 spiro atoms. The summed E-state index contributed by atoms with van der Waals surface area (Å²) in [6, 6.07) is 14.6. The zero-order valence-corrected chi connectivity index (χ0v) is 12.7. The summed E-state index contributed by atoms with van der Waals surface area (Å²) >= 11 is 0. The van der Waals surface area contributed by atoms with E-state index < -0.39 is 0 Å². The Morgan fingerprint density at radius 3 is 2.55 bits per heavy atom. The van der Waals surface area contributed by atoms with Gasteiger partial charge in [0.25, 0.3) is 0 Å². The predicted molar refractivity (Wildman–Crippen MR) is 85.2 cm³/mol. The Kier molecular flexibility index (Phi) is 3.75. The van der Waals surface area contributed by atoms with Gasteiger partial charge in [-0.05, 0) is 37.3 Å². The highest BCUT2D eigenvalue weighted by molar-refractivity contribution is 5.93. The molecule has 0 aromatic heterocycles. The van der Waals surface area contributed by atoms with Crippen LogP contribution in [0.5, 0.6) is 11.5 Å². The number of ether oxygens (including phenoxy) is 1. The van der Waals surface area contributed by atoms with Crippen LogP contribution in [0.1, 0.15) is 31.9 Å². The van der Waals surface area contributed by atoms with Crippen LogP contribution in [0.4, 0.5) is 5.69 Å². The summed E-state index contributed by atoms with van der Waals surface area (Å²) in [6.45, 7) is 3.62. The number of nitrogens with zero attached hydrogens (tertiary/aromatic N) is 1. The molecule has 22 heavy (non-hydrogen) atoms. The number of anilines is 1. The molecule has 0 bridgehead atoms. The molecule has 114 valence electrons. The van der Waals surface area contributed by atoms with E-state index in [0.29, 0.717) is 5.75 Å². The molecule has 2 aromatic rings. The van der Waals surface area contributed by atoms with Gasteiger partial charge in [-0.25, -0.2) is 0 Å². The second kappa shape index (κ2) is 5.72. The van der Waals surface area contributed by atoms with Crippen molar-refractivity contribution in [1.29, 1.82) is 0 Å². The predicted octanol–water partition coefficient (Wildman–Crippen LogP) is 3.66. The maximum atomic E-state index is 11.9. The zero-order valence-electron chi connectivity index (χ0n) is 12.7. The van der Waals surface area contributed by atoms with E-state index in [0.717, 1.165) is 17.7 Å². The van der Waals surface area contributed by atoms with Crippen molar-refractivity contribution in [2.24, 2.45) is 0 Å². The van der Waals surface area contributed by atoms with Gasteiger partial charge < -0.3 is 14.7 Å². The van der Waals surface area contributed by atoms with E-state index in [-0.39, 0.29) is 23.8 Å². The largest absolute Gasteiger partial charge is 0.508 e. The SMILES string of the molecule is CC(=O)N1c2ccccc2C(Oc2ccc(O)cc2)CC1C. The number of hydrogen-bond acceptors (Lipinski definition) is 3. The molecule has 4 heteroatoms. The van der Waals surface area contributed by atoms with Crippen molar-refractivity contribution < 1.29 is 14.6 Å². The second-order valence-corrected chi connectivity index (χ2v) is 5.63. The van der Waals surface area contributed by atoms with Gasteiger partial charge >= 0.3 is 0 Å². The summed E-state index contributed by atoms with van der Waals surface area (Å²) in [5, 5.41) is 9.36. The first-order valence-corrected chi connectivity index (χ1v) is 7.40. The van der Waals surface area contributed by atoms with Crippen LogP contribution in [0.15, 0.2) is 48.5 Å². The first kappa shape index (κ1) is 14.4. The molecule has 0 saturated carbocycles. The number of phenols is 1. The molecule has 0 aliphatic carbocycles. The minimum atomic E-state index is -0.105. The third kappa shape index (κ3) is 2.64. The average Bonchev–Trinajstić information content (AvgIpc) is 2.49. The normalized spacial score (nSPS) is 20.4. The molecule has 4 nitrogen and oxygen atoms in total. The fraction of sp³-hybridized carbons (Fsp3) is 0.278. The summed E-state index contributed by atoms with van der Waals surface area (Å²) in [7, 11) is 0. The number of aromatic hydroxyl groups is 1. The third-order valence-electron chi connectivity index (χ3n) is 3.99. The first-order valence-electron chi connectivity index (χ1n) is 7.40. The van der Waals surface area contributed by atoms with Gasteiger partial charge in [0, 0.05) is 24.9 Å². The Labute approximate surface area is 130 Å². The minimum Gasteiger partial charge on any atom is -0.508 e. The van der Waals surface area contributed by atoms with Crippen LogP contribution in [0.2, 0.25) is 0 Å². The van der Waals surface area contributed by atoms with E-state index in [1.807, 2.05) is 36.1 Å². The lowest BCUT2D eigenvalue weighted by Crippen LogP contribution is -2.42. The number of hydrogen-bond donors (Lipinski definition) is 1. The number of benzene rings is 2. The molecule has 0 radical (unpaired) electrons. The highest BCUT2D eigenvalue weighted by atomic mass is 16.5. The molecule has 1 N–H and O–H groups in total. The summed E-state index contributed by atoms with van der Waals surface area (Å²) in [5.41, 5.74) is 1.93. The van der Waals surface area contributed by atoms with Crippen LogP contribution in [-0.4, -0.2) is 17.1 Å². The highest BCUT2D eigenvalue weighted by Crippen LogP contribution is 2.39. The lowest BCUT2D eigenvalue weighted by Gasteiger charge is -2.38. The van der Waals surface area contributed by atoms with Crippen LogP contribution in [0.3, 0.4) is 0 Å². The highest BCUT2D eigenvalue weighted by Gasteiger charge is 2.33. The molecule has 2 atom stereocenters. The van der Waals surface area contributed by atoms with Gasteiger partial charge in [-0.2, -0.15) is 0 Å². The molecular weight excluding hydrogens is 278 g/mol. The molecule has 3 rings (SSSR count). The van der Waals surface area contributed by atoms with Crippen molar-refractivity contribution in [3.8, 4) is 11.5 Å². The van der Waals surface area contributed by atoms with E-state index in [1.165, 1.54) is 0 Å². The smallest absolute Gasteiger partial charge is 0.224 e. The standard InChI is InChI=1S/C18H19NO3/c1-12-11-18(22-15-9-7-14(21)8-10-15)16-5-3-4-6-17(16)19(12)13(2)20/h3-10,12,18,21H,11H2,1-2H3. The molecule has 0 saturated heterocycles. The molecule has 2 unspecified atom stereocenters. The maximum Gasteiger partial charge on any atom is 0.224 e. The lowest BCUT2D eigenvalue weighted by atomic mass is 9.93. The third-order valence-corrected chi connectivity index (χ3v) is 3.99. The molecule has 0 fully saturated rings. The van der Waals surface area contributed by atoms with E-state index in [4.69, 9.17) is 4.74 Å². The van der Waals surface area contributed by atoms with Crippen molar-refractivity contribution in [1.82, 2.24) is 0 Å². The second-order valence-electron chi connectivity index (χ2n) is 5.63. The molecule has 1 amide bonds. The van der Waals surface area contributed by atoms with Crippen LogP contribution in [0, 0.1) is 0 Å². The Morgan fingerprint density at radius 2 is 1.86 bits per heavy atom. The zero-order chi connectivity index (χ0) is 15.7. The number of amides is 1. The Morgan fingerprint density at radius 1 is 1.18 bits per heavy atom. The summed E-state index contributed by atoms with van der Waals surface area (Å²) in [5.74, 6) is 0.969. The van der Waals surface area contributed by atoms with Gasteiger partial charge in [-0.15, -0.1) is 0 Å². The Bertz CT molecular complexity index is 681. The minimum absolute atomic E-state index is 0.0445. The molecule has 1 heterocycles. The van der Waals surface area contributed by atoms with Crippen molar-refractivity contribution in [2.45, 2.75) is 32.4 Å². The Balaban J connectivity index is 1.94. The number of carbonyl (C=O) groups excluding carboxylic acids is 1. The Hall–Kier alpha value is -2.49. The van der Waals surface area contributed by atoms with E-state index in [2.05, 4.69) is 0 Å². The van der Waals surface area contributed by atoms with Crippen molar-refractivity contribution in [2.75, 3.05) is 4.90 Å². The number of rotatable bonds is 2. The van der Waals surface area contributed by atoms with Gasteiger partial charge in [0.05, 0.1) is 5.69 Å². The summed E-state index contributed by atoms with van der Waals surface area (Å²) in [6.07, 6.45) is 0.628. The van der Waals surface area contributed by atoms with Crippen LogP contribution in [-0.2, 0) is 4.79 Å². The molecule has 2 aromatic carbocycles. The van der Waals surface area contributed by atoms with E-state index >= 15 is 0 Å². The van der Waals surface area contributed by atoms with Gasteiger partial charge in [-0.3, -0.25) is 4.79 Å². The van der Waals surface area contributed by atoms with Crippen molar-refractivity contribution in [3.63, 3.8) is 0 Å². The fourth-order valence-corrected chi connectivity index (χ4v) is 3.04.